The normalized spacial score (nSPS) is 21.6. The van der Waals surface area contributed by atoms with Crippen LogP contribution in [0.2, 0.25) is 0 Å². The summed E-state index contributed by atoms with van der Waals surface area (Å²) in [5, 5.41) is 3.81. The number of carbonyl (C=O) groups excluding carboxylic acids is 3. The number of aryl methyl sites for hydroxylation is 1. The highest BCUT2D eigenvalue weighted by Gasteiger charge is 2.42. The van der Waals surface area contributed by atoms with Crippen LogP contribution in [0.1, 0.15) is 70.3 Å². The zero-order valence-electron chi connectivity index (χ0n) is 25.1. The number of nitrogens with two attached hydrogens (primary N) is 1. The van der Waals surface area contributed by atoms with E-state index in [1.54, 1.807) is 7.11 Å². The number of carbonyl (C=O) groups is 3. The van der Waals surface area contributed by atoms with Crippen LogP contribution in [0, 0.1) is 0 Å². The van der Waals surface area contributed by atoms with Crippen LogP contribution >= 0.6 is 0 Å². The lowest BCUT2D eigenvalue weighted by Crippen LogP contribution is -2.53. The second-order valence-corrected chi connectivity index (χ2v) is 11.6. The maximum atomic E-state index is 13.8. The third-order valence-corrected chi connectivity index (χ3v) is 8.49. The smallest absolute Gasteiger partial charge is 0.245 e. The second kappa shape index (κ2) is 13.9. The van der Waals surface area contributed by atoms with Crippen LogP contribution in [0.15, 0.2) is 48.5 Å². The summed E-state index contributed by atoms with van der Waals surface area (Å²) in [4.78, 5) is 45.7. The Labute approximate surface area is 253 Å². The second-order valence-electron chi connectivity index (χ2n) is 11.6. The quantitative estimate of drug-likeness (QED) is 0.422. The summed E-state index contributed by atoms with van der Waals surface area (Å²) in [5.41, 5.74) is 9.31. The summed E-state index contributed by atoms with van der Waals surface area (Å²) < 4.78 is 12.4. The van der Waals surface area contributed by atoms with E-state index in [-0.39, 0.29) is 24.8 Å². The Kier molecular flexibility index (Phi) is 9.79. The van der Waals surface area contributed by atoms with Gasteiger partial charge in [0.2, 0.25) is 17.7 Å². The molecule has 3 N–H and O–H groups in total. The number of unbranched alkanes of at least 4 members (excludes halogenated alkanes) is 1. The minimum absolute atomic E-state index is 0.139. The Hall–Kier alpha value is -4.14. The van der Waals surface area contributed by atoms with Crippen LogP contribution < -0.4 is 20.5 Å². The number of pyridine rings is 1. The molecule has 3 atom stereocenters. The van der Waals surface area contributed by atoms with Gasteiger partial charge in [0.15, 0.2) is 0 Å². The molecule has 9 heteroatoms. The summed E-state index contributed by atoms with van der Waals surface area (Å²) in [6.45, 7) is 2.24. The number of methoxy groups -OCH3 is 1. The molecule has 0 saturated carbocycles. The fourth-order valence-electron chi connectivity index (χ4n) is 6.17. The van der Waals surface area contributed by atoms with E-state index in [1.165, 1.54) is 4.90 Å². The molecule has 1 aromatic heterocycles. The number of rotatable bonds is 6. The van der Waals surface area contributed by atoms with Crippen molar-refractivity contribution in [2.75, 3.05) is 13.7 Å². The Morgan fingerprint density at radius 2 is 1.86 bits per heavy atom. The Balaban J connectivity index is 1.57. The van der Waals surface area contributed by atoms with Crippen molar-refractivity contribution in [2.24, 2.45) is 5.73 Å². The predicted octanol–water partition coefficient (Wildman–Crippen LogP) is 4.93. The molecule has 3 amide bonds. The molecule has 2 aliphatic heterocycles. The molecular formula is C34H42N4O5. The van der Waals surface area contributed by atoms with Crippen LogP contribution in [0.25, 0.3) is 22.2 Å². The maximum Gasteiger partial charge on any atom is 0.245 e. The first-order chi connectivity index (χ1) is 20.9. The summed E-state index contributed by atoms with van der Waals surface area (Å²) in [5.74, 6) is 0.402. The van der Waals surface area contributed by atoms with Gasteiger partial charge in [-0.05, 0) is 37.3 Å². The monoisotopic (exact) mass is 586 g/mol. The van der Waals surface area contributed by atoms with Crippen molar-refractivity contribution < 1.29 is 23.9 Å². The first-order valence-corrected chi connectivity index (χ1v) is 15.5. The topological polar surface area (TPSA) is 124 Å². The summed E-state index contributed by atoms with van der Waals surface area (Å²) >= 11 is 0. The average molecular weight is 587 g/mol. The molecule has 0 unspecified atom stereocenters. The number of hydrogen-bond acceptors (Lipinski definition) is 6. The number of nitrogens with one attached hydrogen (secondary N) is 1. The summed E-state index contributed by atoms with van der Waals surface area (Å²) in [7, 11) is 1.67. The first kappa shape index (κ1) is 30.3. The van der Waals surface area contributed by atoms with Gasteiger partial charge < -0.3 is 25.4 Å². The fourth-order valence-corrected chi connectivity index (χ4v) is 6.17. The number of primary amides is 1. The Bertz CT molecular complexity index is 1460. The average Bonchev–Trinajstić information content (AvgIpc) is 3.44. The van der Waals surface area contributed by atoms with Gasteiger partial charge in [-0.3, -0.25) is 14.4 Å². The van der Waals surface area contributed by atoms with Crippen LogP contribution in [0.5, 0.6) is 11.5 Å². The van der Waals surface area contributed by atoms with E-state index in [2.05, 4.69) is 11.4 Å². The minimum atomic E-state index is -0.821. The van der Waals surface area contributed by atoms with Crippen molar-refractivity contribution in [1.82, 2.24) is 15.2 Å². The molecule has 228 valence electrons. The van der Waals surface area contributed by atoms with Crippen molar-refractivity contribution in [3.8, 4) is 22.8 Å². The number of aromatic nitrogens is 1. The summed E-state index contributed by atoms with van der Waals surface area (Å²) in [6, 6.07) is 14.3. The molecular weight excluding hydrogens is 544 g/mol. The van der Waals surface area contributed by atoms with Crippen molar-refractivity contribution in [3.05, 3.63) is 54.1 Å². The van der Waals surface area contributed by atoms with Gasteiger partial charge in [-0.25, -0.2) is 4.98 Å². The highest BCUT2D eigenvalue weighted by atomic mass is 16.5. The van der Waals surface area contributed by atoms with E-state index in [1.807, 2.05) is 49.4 Å². The number of amides is 3. The van der Waals surface area contributed by atoms with Crippen LogP contribution in [-0.4, -0.2) is 59.4 Å². The third-order valence-electron chi connectivity index (χ3n) is 8.49. The molecule has 3 aromatic rings. The van der Waals surface area contributed by atoms with E-state index in [0.29, 0.717) is 18.6 Å². The molecule has 1 fully saturated rings. The van der Waals surface area contributed by atoms with Gasteiger partial charge >= 0.3 is 0 Å². The van der Waals surface area contributed by atoms with Gasteiger partial charge in [0.05, 0.1) is 24.9 Å². The standard InChI is InChI=1S/C34H42N4O5/c1-3-4-15-26-34(41)38-21-24(18-29(38)33(35)40)43-31-19-27(22-12-9-7-10-13-22)36-28-20-30(42-2)23(17-25(28)31)14-8-5-6-11-16-32(39)37-26/h7,9-10,12-13,17,19-20,24,26,29H,3-6,8,11,14-16,18,21H2,1-2H3,(H2,35,40)(H,37,39)/t24-,26+,29+/m1/s1. The maximum absolute atomic E-state index is 13.8. The zero-order valence-corrected chi connectivity index (χ0v) is 25.1. The van der Waals surface area contributed by atoms with Gasteiger partial charge in [0.25, 0.3) is 0 Å². The van der Waals surface area contributed by atoms with Gasteiger partial charge in [-0.2, -0.15) is 0 Å². The molecule has 5 rings (SSSR count). The van der Waals surface area contributed by atoms with Crippen molar-refractivity contribution >= 4 is 28.6 Å². The van der Waals surface area contributed by atoms with Crippen LogP contribution in [0.4, 0.5) is 0 Å². The minimum Gasteiger partial charge on any atom is -0.496 e. The fraction of sp³-hybridized carbons (Fsp3) is 0.471. The molecule has 4 bridgehead atoms. The molecule has 1 saturated heterocycles. The lowest BCUT2D eigenvalue weighted by molar-refractivity contribution is -0.140. The van der Waals surface area contributed by atoms with Gasteiger partial charge in [-0.1, -0.05) is 62.9 Å². The van der Waals surface area contributed by atoms with Gasteiger partial charge in [0.1, 0.15) is 29.7 Å². The number of nitrogens with zero attached hydrogens (tertiary/aromatic N) is 2. The SMILES string of the molecule is CCCC[C@@H]1NC(=O)CCCCCCc2cc3c(cc(-c4ccccc4)nc3cc2OC)O[C@@H]2C[C@@H](C(N)=O)N(C2)C1=O. The van der Waals surface area contributed by atoms with Gasteiger partial charge in [-0.15, -0.1) is 0 Å². The van der Waals surface area contributed by atoms with E-state index in [0.717, 1.165) is 78.4 Å². The number of hydrogen-bond donors (Lipinski definition) is 2. The van der Waals surface area contributed by atoms with E-state index >= 15 is 0 Å². The van der Waals surface area contributed by atoms with E-state index in [4.69, 9.17) is 20.2 Å². The van der Waals surface area contributed by atoms with E-state index in [9.17, 15) is 14.4 Å². The Morgan fingerprint density at radius 3 is 2.58 bits per heavy atom. The summed E-state index contributed by atoms with van der Waals surface area (Å²) in [6.07, 6.45) is 6.72. The number of fused-ring (bicyclic) bond motifs is 3. The lowest BCUT2D eigenvalue weighted by atomic mass is 10.0. The molecule has 2 aliphatic rings. The van der Waals surface area contributed by atoms with Crippen molar-refractivity contribution in [2.45, 2.75) is 89.3 Å². The third kappa shape index (κ3) is 7.09. The molecule has 43 heavy (non-hydrogen) atoms. The number of ether oxygens (including phenoxy) is 2. The predicted molar refractivity (Wildman–Crippen MR) is 166 cm³/mol. The molecule has 0 radical (unpaired) electrons. The number of benzene rings is 2. The Morgan fingerprint density at radius 1 is 1.09 bits per heavy atom. The molecule has 9 nitrogen and oxygen atoms in total. The largest absolute Gasteiger partial charge is 0.496 e. The molecule has 3 heterocycles. The molecule has 0 aliphatic carbocycles. The first-order valence-electron chi connectivity index (χ1n) is 15.5. The van der Waals surface area contributed by atoms with Gasteiger partial charge in [0, 0.05) is 35.9 Å². The van der Waals surface area contributed by atoms with Crippen molar-refractivity contribution in [3.63, 3.8) is 0 Å². The lowest BCUT2D eigenvalue weighted by Gasteiger charge is -2.27. The zero-order chi connectivity index (χ0) is 30.3. The highest BCUT2D eigenvalue weighted by Crippen LogP contribution is 2.37. The van der Waals surface area contributed by atoms with Crippen LogP contribution in [-0.2, 0) is 20.8 Å². The molecule has 2 aromatic carbocycles. The van der Waals surface area contributed by atoms with Crippen molar-refractivity contribution in [1.29, 1.82) is 0 Å². The highest BCUT2D eigenvalue weighted by molar-refractivity contribution is 5.93. The van der Waals surface area contributed by atoms with Crippen LogP contribution in [0.3, 0.4) is 0 Å². The van der Waals surface area contributed by atoms with E-state index < -0.39 is 24.1 Å². The molecule has 0 spiro atoms.